The summed E-state index contributed by atoms with van der Waals surface area (Å²) in [6.07, 6.45) is 1.38. The largest absolute Gasteiger partial charge is 0.459 e. The monoisotopic (exact) mass is 283 g/mol. The summed E-state index contributed by atoms with van der Waals surface area (Å²) in [5.74, 6) is -0.861. The second-order valence-corrected chi connectivity index (χ2v) is 3.88. The summed E-state index contributed by atoms with van der Waals surface area (Å²) in [7, 11) is 0. The van der Waals surface area contributed by atoms with Crippen LogP contribution in [0.15, 0.2) is 45.5 Å². The lowest BCUT2D eigenvalue weighted by molar-refractivity contribution is 0.0996. The summed E-state index contributed by atoms with van der Waals surface area (Å²) in [4.78, 5) is 11.6. The van der Waals surface area contributed by atoms with Crippen LogP contribution in [0, 0.1) is 5.82 Å². The lowest BCUT2D eigenvalue weighted by Crippen LogP contribution is -2.12. The lowest BCUT2D eigenvalue weighted by atomic mass is 10.3. The van der Waals surface area contributed by atoms with Crippen LogP contribution in [0.3, 0.4) is 0 Å². The number of para-hydroxylation sites is 1. The first-order chi connectivity index (χ1) is 7.68. The first-order valence-corrected chi connectivity index (χ1v) is 5.26. The molecule has 82 valence electrons. The van der Waals surface area contributed by atoms with E-state index in [-0.39, 0.29) is 11.4 Å². The zero-order valence-electron chi connectivity index (χ0n) is 8.04. The number of carbonyl (C=O) groups excluding carboxylic acids is 1. The van der Waals surface area contributed by atoms with Gasteiger partial charge in [0.15, 0.2) is 5.76 Å². The molecule has 0 spiro atoms. The van der Waals surface area contributed by atoms with Crippen molar-refractivity contribution in [2.45, 2.75) is 0 Å². The van der Waals surface area contributed by atoms with E-state index in [1.807, 2.05) is 0 Å². The molecule has 0 radical (unpaired) electrons. The number of anilines is 1. The maximum atomic E-state index is 13.4. The minimum absolute atomic E-state index is 0.101. The van der Waals surface area contributed by atoms with Gasteiger partial charge < -0.3 is 9.73 Å². The molecule has 0 bridgehead atoms. The van der Waals surface area contributed by atoms with Gasteiger partial charge in [-0.3, -0.25) is 4.79 Å². The fourth-order valence-corrected chi connectivity index (χ4v) is 1.64. The topological polar surface area (TPSA) is 42.2 Å². The van der Waals surface area contributed by atoms with Gasteiger partial charge in [-0.25, -0.2) is 4.39 Å². The molecule has 0 saturated heterocycles. The third-order valence-corrected chi connectivity index (χ3v) is 2.61. The summed E-state index contributed by atoms with van der Waals surface area (Å²) in [6, 6.07) is 7.54. The Hall–Kier alpha value is -1.62. The van der Waals surface area contributed by atoms with Crippen LogP contribution in [-0.2, 0) is 0 Å². The van der Waals surface area contributed by atoms with Crippen LogP contribution in [0.25, 0.3) is 0 Å². The Morgan fingerprint density at radius 2 is 2.12 bits per heavy atom. The van der Waals surface area contributed by atoms with Gasteiger partial charge in [-0.2, -0.15) is 0 Å². The van der Waals surface area contributed by atoms with Gasteiger partial charge in [0.2, 0.25) is 0 Å². The molecular weight excluding hydrogens is 277 g/mol. The molecule has 1 aromatic carbocycles. The van der Waals surface area contributed by atoms with E-state index in [2.05, 4.69) is 21.2 Å². The Labute approximate surface area is 99.4 Å². The summed E-state index contributed by atoms with van der Waals surface area (Å²) in [5, 5.41) is 2.43. The summed E-state index contributed by atoms with van der Waals surface area (Å²) in [5.41, 5.74) is 0.101. The van der Waals surface area contributed by atoms with Crippen LogP contribution in [-0.4, -0.2) is 5.91 Å². The highest BCUT2D eigenvalue weighted by Crippen LogP contribution is 2.25. The van der Waals surface area contributed by atoms with Crippen molar-refractivity contribution >= 4 is 27.5 Å². The predicted octanol–water partition coefficient (Wildman–Crippen LogP) is 3.43. The molecule has 0 aliphatic carbocycles. The SMILES string of the molecule is O=C(Nc1c(F)cccc1Br)c1ccco1. The maximum Gasteiger partial charge on any atom is 0.291 e. The predicted molar refractivity (Wildman–Crippen MR) is 60.8 cm³/mol. The second kappa shape index (κ2) is 4.49. The van der Waals surface area contributed by atoms with Gasteiger partial charge in [0, 0.05) is 4.47 Å². The molecule has 2 aromatic rings. The summed E-state index contributed by atoms with van der Waals surface area (Å²) < 4.78 is 18.8. The Bertz CT molecular complexity index is 490. The number of rotatable bonds is 2. The van der Waals surface area contributed by atoms with Crippen molar-refractivity contribution in [3.8, 4) is 0 Å². The van der Waals surface area contributed by atoms with E-state index < -0.39 is 11.7 Å². The fourth-order valence-electron chi connectivity index (χ4n) is 1.20. The number of carbonyl (C=O) groups is 1. The lowest BCUT2D eigenvalue weighted by Gasteiger charge is -2.06. The highest BCUT2D eigenvalue weighted by atomic mass is 79.9. The van der Waals surface area contributed by atoms with Crippen molar-refractivity contribution in [2.24, 2.45) is 0 Å². The smallest absolute Gasteiger partial charge is 0.291 e. The maximum absolute atomic E-state index is 13.4. The van der Waals surface area contributed by atoms with E-state index in [4.69, 9.17) is 4.42 Å². The Kier molecular flexibility index (Phi) is 3.05. The van der Waals surface area contributed by atoms with Gasteiger partial charge in [-0.1, -0.05) is 6.07 Å². The standard InChI is InChI=1S/C11H7BrFNO2/c12-7-3-1-4-8(13)10(7)14-11(15)9-5-2-6-16-9/h1-6H,(H,14,15). The van der Waals surface area contributed by atoms with Crippen LogP contribution >= 0.6 is 15.9 Å². The van der Waals surface area contributed by atoms with Crippen LogP contribution in [0.2, 0.25) is 0 Å². The molecule has 5 heteroatoms. The number of halogens is 2. The zero-order chi connectivity index (χ0) is 11.5. The fraction of sp³-hybridized carbons (Fsp3) is 0. The summed E-state index contributed by atoms with van der Waals surface area (Å²) in [6.45, 7) is 0. The Morgan fingerprint density at radius 3 is 2.75 bits per heavy atom. The van der Waals surface area contributed by atoms with Gasteiger partial charge in [0.1, 0.15) is 5.82 Å². The molecule has 1 N–H and O–H groups in total. The van der Waals surface area contributed by atoms with Gasteiger partial charge in [0.05, 0.1) is 12.0 Å². The Balaban J connectivity index is 2.25. The number of benzene rings is 1. The van der Waals surface area contributed by atoms with E-state index in [1.54, 1.807) is 18.2 Å². The van der Waals surface area contributed by atoms with E-state index in [0.29, 0.717) is 4.47 Å². The van der Waals surface area contributed by atoms with Crippen molar-refractivity contribution in [1.82, 2.24) is 0 Å². The summed E-state index contributed by atoms with van der Waals surface area (Å²) >= 11 is 3.15. The molecule has 0 fully saturated rings. The minimum atomic E-state index is -0.505. The number of nitrogens with one attached hydrogen (secondary N) is 1. The van der Waals surface area contributed by atoms with E-state index in [0.717, 1.165) is 0 Å². The average Bonchev–Trinajstić information content (AvgIpc) is 2.76. The molecule has 2 rings (SSSR count). The van der Waals surface area contributed by atoms with E-state index >= 15 is 0 Å². The van der Waals surface area contributed by atoms with Crippen LogP contribution in [0.4, 0.5) is 10.1 Å². The van der Waals surface area contributed by atoms with Crippen LogP contribution in [0.1, 0.15) is 10.6 Å². The number of hydrogen-bond donors (Lipinski definition) is 1. The molecular formula is C11H7BrFNO2. The van der Waals surface area contributed by atoms with Crippen molar-refractivity contribution in [3.63, 3.8) is 0 Å². The van der Waals surface area contributed by atoms with Gasteiger partial charge >= 0.3 is 0 Å². The normalized spacial score (nSPS) is 10.1. The zero-order valence-corrected chi connectivity index (χ0v) is 9.62. The number of furan rings is 1. The molecule has 0 atom stereocenters. The first kappa shape index (κ1) is 10.9. The molecule has 1 aromatic heterocycles. The molecule has 0 unspecified atom stereocenters. The van der Waals surface area contributed by atoms with Crippen molar-refractivity contribution in [2.75, 3.05) is 5.32 Å². The third-order valence-electron chi connectivity index (χ3n) is 1.95. The molecule has 3 nitrogen and oxygen atoms in total. The van der Waals surface area contributed by atoms with Crippen molar-refractivity contribution < 1.29 is 13.6 Å². The molecule has 0 saturated carbocycles. The molecule has 1 amide bonds. The molecule has 1 heterocycles. The minimum Gasteiger partial charge on any atom is -0.459 e. The number of hydrogen-bond acceptors (Lipinski definition) is 2. The van der Waals surface area contributed by atoms with Crippen LogP contribution in [0.5, 0.6) is 0 Å². The molecule has 0 aliphatic heterocycles. The van der Waals surface area contributed by atoms with E-state index in [9.17, 15) is 9.18 Å². The molecule has 0 aliphatic rings. The Morgan fingerprint density at radius 1 is 1.31 bits per heavy atom. The van der Waals surface area contributed by atoms with Gasteiger partial charge in [0.25, 0.3) is 5.91 Å². The number of amides is 1. The second-order valence-electron chi connectivity index (χ2n) is 3.03. The molecule has 16 heavy (non-hydrogen) atoms. The third kappa shape index (κ3) is 2.14. The van der Waals surface area contributed by atoms with Gasteiger partial charge in [-0.05, 0) is 40.2 Å². The highest BCUT2D eigenvalue weighted by Gasteiger charge is 2.13. The van der Waals surface area contributed by atoms with Crippen molar-refractivity contribution in [3.05, 3.63) is 52.6 Å². The van der Waals surface area contributed by atoms with Gasteiger partial charge in [-0.15, -0.1) is 0 Å². The quantitative estimate of drug-likeness (QED) is 0.918. The highest BCUT2D eigenvalue weighted by molar-refractivity contribution is 9.10. The van der Waals surface area contributed by atoms with E-state index in [1.165, 1.54) is 18.4 Å². The van der Waals surface area contributed by atoms with Crippen LogP contribution < -0.4 is 5.32 Å². The first-order valence-electron chi connectivity index (χ1n) is 4.47. The average molecular weight is 284 g/mol. The van der Waals surface area contributed by atoms with Crippen molar-refractivity contribution in [1.29, 1.82) is 0 Å².